The number of benzene rings is 1. The molecule has 38 heavy (non-hydrogen) atoms. The molecule has 12 heteroatoms. The Hall–Kier alpha value is -2.83. The van der Waals surface area contributed by atoms with Crippen LogP contribution in [0.1, 0.15) is 51.5 Å². The van der Waals surface area contributed by atoms with Crippen molar-refractivity contribution in [2.24, 2.45) is 17.4 Å². The summed E-state index contributed by atoms with van der Waals surface area (Å²) in [5.74, 6) is -2.10. The molecule has 0 aliphatic carbocycles. The van der Waals surface area contributed by atoms with Gasteiger partial charge in [-0.15, -0.1) is 0 Å². The zero-order valence-electron chi connectivity index (χ0n) is 22.4. The van der Waals surface area contributed by atoms with Crippen LogP contribution >= 0.6 is 11.8 Å². The van der Waals surface area contributed by atoms with Gasteiger partial charge < -0.3 is 37.6 Å². The van der Waals surface area contributed by atoms with Crippen molar-refractivity contribution in [2.75, 3.05) is 18.6 Å². The quantitative estimate of drug-likeness (QED) is 0.128. The van der Waals surface area contributed by atoms with Crippen LogP contribution in [0.25, 0.3) is 0 Å². The number of rotatable bonds is 18. The van der Waals surface area contributed by atoms with Crippen LogP contribution in [0.4, 0.5) is 0 Å². The summed E-state index contributed by atoms with van der Waals surface area (Å²) in [5, 5.41) is 27.0. The first-order valence-electron chi connectivity index (χ1n) is 12.8. The van der Waals surface area contributed by atoms with Crippen molar-refractivity contribution in [1.29, 1.82) is 0 Å². The maximum absolute atomic E-state index is 13.4. The van der Waals surface area contributed by atoms with E-state index < -0.39 is 47.9 Å². The highest BCUT2D eigenvalue weighted by molar-refractivity contribution is 7.98. The molecule has 0 saturated heterocycles. The van der Waals surface area contributed by atoms with Gasteiger partial charge in [-0.05, 0) is 74.3 Å². The summed E-state index contributed by atoms with van der Waals surface area (Å²) in [6, 6.07) is 2.22. The third kappa shape index (κ3) is 12.6. The van der Waals surface area contributed by atoms with Crippen LogP contribution in [0.2, 0.25) is 0 Å². The third-order valence-corrected chi connectivity index (χ3v) is 6.52. The lowest BCUT2D eigenvalue weighted by Gasteiger charge is -2.25. The number of hydrogen-bond acceptors (Lipinski definition) is 8. The predicted molar refractivity (Wildman–Crippen MR) is 149 cm³/mol. The summed E-state index contributed by atoms with van der Waals surface area (Å²) in [4.78, 5) is 50.9. The lowest BCUT2D eigenvalue weighted by atomic mass is 10.0. The zero-order chi connectivity index (χ0) is 28.7. The molecule has 0 spiro atoms. The molecule has 0 aliphatic rings. The van der Waals surface area contributed by atoms with Gasteiger partial charge in [0.05, 0.1) is 6.04 Å². The van der Waals surface area contributed by atoms with Crippen molar-refractivity contribution >= 4 is 35.5 Å². The molecule has 9 N–H and O–H groups in total. The first kappa shape index (κ1) is 33.2. The second kappa shape index (κ2) is 17.6. The standard InChI is InChI=1S/C26H43N5O6S/c1-16(2)14-19(28)23(33)31-22(15-17-7-9-18(32)10-8-17)25(35)29-20(6-4-5-12-27)24(34)30-21(26(36)37)11-13-38-3/h7-10,16,19-22,32H,4-6,11-15,27-28H2,1-3H3,(H,29,35)(H,30,34)(H,31,33)(H,36,37). The highest BCUT2D eigenvalue weighted by Gasteiger charge is 2.30. The van der Waals surface area contributed by atoms with Gasteiger partial charge in [0.1, 0.15) is 23.9 Å². The number of carboxylic acids is 1. The molecule has 4 unspecified atom stereocenters. The number of thioether (sulfide) groups is 1. The van der Waals surface area contributed by atoms with Crippen molar-refractivity contribution in [3.63, 3.8) is 0 Å². The van der Waals surface area contributed by atoms with E-state index in [4.69, 9.17) is 11.5 Å². The van der Waals surface area contributed by atoms with Crippen LogP contribution in [-0.4, -0.2) is 76.6 Å². The average molecular weight is 554 g/mol. The number of aliphatic carboxylic acids is 1. The molecule has 0 aliphatic heterocycles. The summed E-state index contributed by atoms with van der Waals surface area (Å²) >= 11 is 1.46. The number of carbonyl (C=O) groups excluding carboxylic acids is 3. The molecular weight excluding hydrogens is 510 g/mol. The SMILES string of the molecule is CSCCC(NC(=O)C(CCCCN)NC(=O)C(Cc1ccc(O)cc1)NC(=O)C(N)CC(C)C)C(=O)O. The average Bonchev–Trinajstić information content (AvgIpc) is 2.85. The molecule has 0 saturated carbocycles. The summed E-state index contributed by atoms with van der Waals surface area (Å²) in [5.41, 5.74) is 12.3. The fourth-order valence-corrected chi connectivity index (χ4v) is 4.24. The van der Waals surface area contributed by atoms with Gasteiger partial charge in [0.2, 0.25) is 17.7 Å². The minimum absolute atomic E-state index is 0.0591. The van der Waals surface area contributed by atoms with Gasteiger partial charge >= 0.3 is 5.97 Å². The number of phenols is 1. The second-order valence-electron chi connectivity index (χ2n) is 9.69. The number of phenolic OH excluding ortho intramolecular Hbond substituents is 1. The smallest absolute Gasteiger partial charge is 0.326 e. The van der Waals surface area contributed by atoms with Crippen molar-refractivity contribution < 1.29 is 29.4 Å². The second-order valence-corrected chi connectivity index (χ2v) is 10.7. The van der Waals surface area contributed by atoms with Crippen LogP contribution in [0, 0.1) is 5.92 Å². The normalized spacial score (nSPS) is 14.3. The van der Waals surface area contributed by atoms with Gasteiger partial charge in [0, 0.05) is 6.42 Å². The van der Waals surface area contributed by atoms with E-state index in [0.29, 0.717) is 37.1 Å². The number of hydrogen-bond donors (Lipinski definition) is 7. The van der Waals surface area contributed by atoms with Crippen LogP contribution in [-0.2, 0) is 25.6 Å². The van der Waals surface area contributed by atoms with Gasteiger partial charge in [-0.2, -0.15) is 11.8 Å². The molecule has 0 radical (unpaired) electrons. The number of unbranched alkanes of at least 4 members (excludes halogenated alkanes) is 1. The molecule has 1 aromatic carbocycles. The van der Waals surface area contributed by atoms with Crippen LogP contribution in [0.15, 0.2) is 24.3 Å². The fraction of sp³-hybridized carbons (Fsp3) is 0.615. The molecule has 214 valence electrons. The van der Waals surface area contributed by atoms with Crippen molar-refractivity contribution in [2.45, 2.75) is 76.5 Å². The van der Waals surface area contributed by atoms with Crippen LogP contribution < -0.4 is 27.4 Å². The van der Waals surface area contributed by atoms with Gasteiger partial charge in [-0.3, -0.25) is 14.4 Å². The molecule has 3 amide bonds. The summed E-state index contributed by atoms with van der Waals surface area (Å²) in [6.07, 6.45) is 3.99. The molecule has 1 aromatic rings. The van der Waals surface area contributed by atoms with Crippen molar-refractivity contribution in [3.8, 4) is 5.75 Å². The maximum Gasteiger partial charge on any atom is 0.326 e. The number of nitrogens with two attached hydrogens (primary N) is 2. The number of carboxylic acid groups (broad SMARTS) is 1. The summed E-state index contributed by atoms with van der Waals surface area (Å²) in [7, 11) is 0. The zero-order valence-corrected chi connectivity index (χ0v) is 23.3. The van der Waals surface area contributed by atoms with E-state index in [-0.39, 0.29) is 30.9 Å². The van der Waals surface area contributed by atoms with E-state index in [9.17, 15) is 29.4 Å². The Labute approximate surface area is 228 Å². The van der Waals surface area contributed by atoms with E-state index in [1.165, 1.54) is 23.9 Å². The molecule has 0 aromatic heterocycles. The largest absolute Gasteiger partial charge is 0.508 e. The molecule has 1 rings (SSSR count). The van der Waals surface area contributed by atoms with Crippen LogP contribution in [0.3, 0.4) is 0 Å². The summed E-state index contributed by atoms with van der Waals surface area (Å²) in [6.45, 7) is 4.27. The Balaban J connectivity index is 3.12. The minimum atomic E-state index is -1.16. The maximum atomic E-state index is 13.4. The van der Waals surface area contributed by atoms with Crippen LogP contribution in [0.5, 0.6) is 5.75 Å². The Kier molecular flexibility index (Phi) is 15.4. The molecular formula is C26H43N5O6S. The predicted octanol–water partition coefficient (Wildman–Crippen LogP) is 0.729. The molecule has 11 nitrogen and oxygen atoms in total. The van der Waals surface area contributed by atoms with E-state index in [2.05, 4.69) is 16.0 Å². The lowest BCUT2D eigenvalue weighted by Crippen LogP contribution is -2.57. The number of nitrogens with one attached hydrogen (secondary N) is 3. The molecule has 4 atom stereocenters. The van der Waals surface area contributed by atoms with Gasteiger partial charge in [-0.1, -0.05) is 26.0 Å². The first-order valence-corrected chi connectivity index (χ1v) is 14.2. The van der Waals surface area contributed by atoms with Crippen molar-refractivity contribution in [3.05, 3.63) is 29.8 Å². The topological polar surface area (TPSA) is 197 Å². The fourth-order valence-electron chi connectivity index (χ4n) is 3.77. The summed E-state index contributed by atoms with van der Waals surface area (Å²) < 4.78 is 0. The van der Waals surface area contributed by atoms with E-state index in [0.717, 1.165) is 0 Å². The number of amides is 3. The van der Waals surface area contributed by atoms with Gasteiger partial charge in [0.15, 0.2) is 0 Å². The lowest BCUT2D eigenvalue weighted by molar-refractivity contribution is -0.142. The Morgan fingerprint density at radius 3 is 2.03 bits per heavy atom. The number of aromatic hydroxyl groups is 1. The molecule has 0 bridgehead atoms. The Morgan fingerprint density at radius 1 is 0.895 bits per heavy atom. The van der Waals surface area contributed by atoms with E-state index in [1.807, 2.05) is 20.1 Å². The Bertz CT molecular complexity index is 899. The molecule has 0 fully saturated rings. The van der Waals surface area contributed by atoms with Crippen molar-refractivity contribution in [1.82, 2.24) is 16.0 Å². The monoisotopic (exact) mass is 553 g/mol. The van der Waals surface area contributed by atoms with Gasteiger partial charge in [-0.25, -0.2) is 4.79 Å². The minimum Gasteiger partial charge on any atom is -0.508 e. The number of carbonyl (C=O) groups is 4. The van der Waals surface area contributed by atoms with Gasteiger partial charge in [0.25, 0.3) is 0 Å². The highest BCUT2D eigenvalue weighted by Crippen LogP contribution is 2.13. The van der Waals surface area contributed by atoms with E-state index >= 15 is 0 Å². The third-order valence-electron chi connectivity index (χ3n) is 5.88. The Morgan fingerprint density at radius 2 is 1.47 bits per heavy atom. The highest BCUT2D eigenvalue weighted by atomic mass is 32.2. The first-order chi connectivity index (χ1) is 18.0. The van der Waals surface area contributed by atoms with E-state index in [1.54, 1.807) is 12.1 Å². The molecule has 0 heterocycles.